The molecule has 0 bridgehead atoms. The SMILES string of the molecule is NC(c1ccccc1)c1ccccc1.O=C(O)c1ccccc1. The Labute approximate surface area is 136 Å². The van der Waals surface area contributed by atoms with Gasteiger partial charge in [-0.3, -0.25) is 0 Å². The van der Waals surface area contributed by atoms with E-state index < -0.39 is 5.97 Å². The summed E-state index contributed by atoms with van der Waals surface area (Å²) in [5.41, 5.74) is 8.75. The molecule has 0 atom stereocenters. The van der Waals surface area contributed by atoms with Crippen LogP contribution in [0, 0.1) is 0 Å². The molecule has 3 N–H and O–H groups in total. The van der Waals surface area contributed by atoms with Crippen LogP contribution in [0.5, 0.6) is 0 Å². The van der Waals surface area contributed by atoms with Crippen molar-refractivity contribution in [2.24, 2.45) is 5.73 Å². The van der Waals surface area contributed by atoms with E-state index in [1.165, 1.54) is 0 Å². The zero-order valence-electron chi connectivity index (χ0n) is 12.7. The van der Waals surface area contributed by atoms with Crippen molar-refractivity contribution in [1.82, 2.24) is 0 Å². The molecule has 0 aliphatic rings. The van der Waals surface area contributed by atoms with Crippen molar-refractivity contribution < 1.29 is 9.90 Å². The van der Waals surface area contributed by atoms with Crippen molar-refractivity contribution in [3.8, 4) is 0 Å². The lowest BCUT2D eigenvalue weighted by Gasteiger charge is -2.11. The van der Waals surface area contributed by atoms with Gasteiger partial charge in [-0.2, -0.15) is 0 Å². The molecule has 0 aliphatic carbocycles. The minimum absolute atomic E-state index is 0.0163. The van der Waals surface area contributed by atoms with E-state index in [-0.39, 0.29) is 6.04 Å². The summed E-state index contributed by atoms with van der Waals surface area (Å²) in [4.78, 5) is 10.2. The van der Waals surface area contributed by atoms with E-state index in [0.717, 1.165) is 11.1 Å². The van der Waals surface area contributed by atoms with Crippen LogP contribution in [-0.2, 0) is 0 Å². The zero-order chi connectivity index (χ0) is 16.5. The molecule has 0 spiro atoms. The molecule has 0 saturated heterocycles. The molecular weight excluding hydrogens is 286 g/mol. The number of nitrogens with two attached hydrogens (primary N) is 1. The van der Waals surface area contributed by atoms with E-state index in [2.05, 4.69) is 24.3 Å². The summed E-state index contributed by atoms with van der Waals surface area (Å²) in [7, 11) is 0. The van der Waals surface area contributed by atoms with Gasteiger partial charge in [0.2, 0.25) is 0 Å². The van der Waals surface area contributed by atoms with Gasteiger partial charge in [0.15, 0.2) is 0 Å². The molecule has 0 amide bonds. The summed E-state index contributed by atoms with van der Waals surface area (Å²) in [6.07, 6.45) is 0. The van der Waals surface area contributed by atoms with E-state index in [0.29, 0.717) is 5.56 Å². The van der Waals surface area contributed by atoms with Crippen molar-refractivity contribution >= 4 is 5.97 Å². The highest BCUT2D eigenvalue weighted by Crippen LogP contribution is 2.18. The first-order valence-corrected chi connectivity index (χ1v) is 7.32. The topological polar surface area (TPSA) is 63.3 Å². The Morgan fingerprint density at radius 1 is 0.696 bits per heavy atom. The van der Waals surface area contributed by atoms with Crippen LogP contribution < -0.4 is 5.73 Å². The minimum Gasteiger partial charge on any atom is -0.478 e. The maximum absolute atomic E-state index is 10.2. The molecule has 3 nitrogen and oxygen atoms in total. The van der Waals surface area contributed by atoms with Gasteiger partial charge in [-0.05, 0) is 23.3 Å². The third-order valence-corrected chi connectivity index (χ3v) is 3.34. The van der Waals surface area contributed by atoms with Crippen molar-refractivity contribution in [2.45, 2.75) is 6.04 Å². The van der Waals surface area contributed by atoms with Gasteiger partial charge >= 0.3 is 5.97 Å². The quantitative estimate of drug-likeness (QED) is 0.765. The second kappa shape index (κ2) is 8.51. The molecule has 0 heterocycles. The van der Waals surface area contributed by atoms with Gasteiger partial charge in [0.1, 0.15) is 0 Å². The highest BCUT2D eigenvalue weighted by molar-refractivity contribution is 5.87. The lowest BCUT2D eigenvalue weighted by Crippen LogP contribution is -2.11. The largest absolute Gasteiger partial charge is 0.478 e. The van der Waals surface area contributed by atoms with E-state index in [1.54, 1.807) is 30.3 Å². The smallest absolute Gasteiger partial charge is 0.335 e. The van der Waals surface area contributed by atoms with Crippen LogP contribution in [0.2, 0.25) is 0 Å². The predicted molar refractivity (Wildman–Crippen MR) is 92.3 cm³/mol. The first kappa shape index (κ1) is 16.5. The fraction of sp³-hybridized carbons (Fsp3) is 0.0500. The fourth-order valence-corrected chi connectivity index (χ4v) is 2.09. The fourth-order valence-electron chi connectivity index (χ4n) is 2.09. The summed E-state index contributed by atoms with van der Waals surface area (Å²) in [5, 5.41) is 8.38. The standard InChI is InChI=1S/C13H13N.C7H6O2/c14-13(11-7-3-1-4-8-11)12-9-5-2-6-10-12;8-7(9)6-4-2-1-3-5-6/h1-10,13H,14H2;1-5H,(H,8,9). The normalized spacial score (nSPS) is 9.83. The van der Waals surface area contributed by atoms with E-state index in [9.17, 15) is 4.79 Å². The van der Waals surface area contributed by atoms with Crippen LogP contribution >= 0.6 is 0 Å². The molecular formula is C20H19NO2. The van der Waals surface area contributed by atoms with Crippen molar-refractivity contribution in [3.05, 3.63) is 108 Å². The number of hydrogen-bond acceptors (Lipinski definition) is 2. The second-order valence-corrected chi connectivity index (χ2v) is 4.97. The van der Waals surface area contributed by atoms with Crippen LogP contribution in [0.4, 0.5) is 0 Å². The molecule has 0 radical (unpaired) electrons. The second-order valence-electron chi connectivity index (χ2n) is 4.97. The number of hydrogen-bond donors (Lipinski definition) is 2. The van der Waals surface area contributed by atoms with Crippen LogP contribution in [0.15, 0.2) is 91.0 Å². The summed E-state index contributed by atoms with van der Waals surface area (Å²) < 4.78 is 0. The lowest BCUT2D eigenvalue weighted by atomic mass is 10.00. The average Bonchev–Trinajstić information content (AvgIpc) is 2.64. The third kappa shape index (κ3) is 5.09. The summed E-state index contributed by atoms with van der Waals surface area (Å²) >= 11 is 0. The Morgan fingerprint density at radius 2 is 1.04 bits per heavy atom. The third-order valence-electron chi connectivity index (χ3n) is 3.34. The van der Waals surface area contributed by atoms with Gasteiger partial charge in [-0.25, -0.2) is 4.79 Å². The van der Waals surface area contributed by atoms with Crippen LogP contribution in [0.25, 0.3) is 0 Å². The summed E-state index contributed by atoms with van der Waals surface area (Å²) in [5.74, 6) is -0.879. The number of aromatic carboxylic acids is 1. The van der Waals surface area contributed by atoms with Gasteiger partial charge in [-0.15, -0.1) is 0 Å². The van der Waals surface area contributed by atoms with E-state index in [1.807, 2.05) is 36.4 Å². The number of carbonyl (C=O) groups is 1. The summed E-state index contributed by atoms with van der Waals surface area (Å²) in [6.45, 7) is 0. The Bertz CT molecular complexity index is 673. The molecule has 0 aromatic heterocycles. The zero-order valence-corrected chi connectivity index (χ0v) is 12.7. The Kier molecular flexibility index (Phi) is 6.09. The average molecular weight is 305 g/mol. The highest BCUT2D eigenvalue weighted by Gasteiger charge is 2.06. The van der Waals surface area contributed by atoms with E-state index >= 15 is 0 Å². The van der Waals surface area contributed by atoms with Crippen LogP contribution in [0.3, 0.4) is 0 Å². The lowest BCUT2D eigenvalue weighted by molar-refractivity contribution is 0.0697. The number of carboxylic acids is 1. The minimum atomic E-state index is -0.879. The molecule has 0 fully saturated rings. The molecule has 23 heavy (non-hydrogen) atoms. The molecule has 3 heteroatoms. The Balaban J connectivity index is 0.000000185. The summed E-state index contributed by atoms with van der Waals surface area (Å²) in [6, 6.07) is 28.5. The first-order chi connectivity index (χ1) is 11.2. The van der Waals surface area contributed by atoms with Gasteiger partial charge in [0, 0.05) is 0 Å². The van der Waals surface area contributed by atoms with Gasteiger partial charge in [-0.1, -0.05) is 78.9 Å². The van der Waals surface area contributed by atoms with Gasteiger partial charge in [0.25, 0.3) is 0 Å². The number of rotatable bonds is 3. The van der Waals surface area contributed by atoms with Gasteiger partial charge < -0.3 is 10.8 Å². The number of benzene rings is 3. The van der Waals surface area contributed by atoms with Crippen molar-refractivity contribution in [2.75, 3.05) is 0 Å². The maximum Gasteiger partial charge on any atom is 0.335 e. The van der Waals surface area contributed by atoms with Crippen LogP contribution in [0.1, 0.15) is 27.5 Å². The Hall–Kier alpha value is -2.91. The van der Waals surface area contributed by atoms with Crippen molar-refractivity contribution in [1.29, 1.82) is 0 Å². The molecule has 3 aromatic carbocycles. The first-order valence-electron chi connectivity index (χ1n) is 7.32. The van der Waals surface area contributed by atoms with E-state index in [4.69, 9.17) is 10.8 Å². The maximum atomic E-state index is 10.2. The van der Waals surface area contributed by atoms with Crippen molar-refractivity contribution in [3.63, 3.8) is 0 Å². The molecule has 116 valence electrons. The molecule has 3 rings (SSSR count). The highest BCUT2D eigenvalue weighted by atomic mass is 16.4. The number of carboxylic acid groups (broad SMARTS) is 1. The Morgan fingerprint density at radius 3 is 1.35 bits per heavy atom. The predicted octanol–water partition coefficient (Wildman–Crippen LogP) is 4.12. The molecule has 0 saturated carbocycles. The molecule has 0 aliphatic heterocycles. The van der Waals surface area contributed by atoms with Gasteiger partial charge in [0.05, 0.1) is 11.6 Å². The monoisotopic (exact) mass is 305 g/mol. The molecule has 3 aromatic rings. The molecule has 0 unspecified atom stereocenters. The van der Waals surface area contributed by atoms with Crippen LogP contribution in [-0.4, -0.2) is 11.1 Å².